The van der Waals surface area contributed by atoms with E-state index in [0.717, 1.165) is 11.1 Å². The number of benzene rings is 2. The van der Waals surface area contributed by atoms with Crippen molar-refractivity contribution in [3.05, 3.63) is 65.7 Å². The Labute approximate surface area is 151 Å². The van der Waals surface area contributed by atoms with Crippen LogP contribution in [-0.4, -0.2) is 26.3 Å². The van der Waals surface area contributed by atoms with Crippen molar-refractivity contribution in [2.24, 2.45) is 0 Å². The quantitative estimate of drug-likeness (QED) is 0.665. The van der Waals surface area contributed by atoms with Crippen LogP contribution < -0.4 is 5.32 Å². The fourth-order valence-electron chi connectivity index (χ4n) is 2.28. The van der Waals surface area contributed by atoms with E-state index < -0.39 is 0 Å². The van der Waals surface area contributed by atoms with Crippen LogP contribution in [0.15, 0.2) is 59.8 Å². The summed E-state index contributed by atoms with van der Waals surface area (Å²) >= 11 is 1.34. The Kier molecular flexibility index (Phi) is 5.50. The smallest absolute Gasteiger partial charge is 0.233 e. The van der Waals surface area contributed by atoms with Crippen molar-refractivity contribution >= 4 is 17.7 Å². The van der Waals surface area contributed by atoms with E-state index in [1.54, 1.807) is 0 Å². The monoisotopic (exact) mass is 352 g/mol. The van der Waals surface area contributed by atoms with Gasteiger partial charge in [-0.2, -0.15) is 0 Å². The normalized spacial score (nSPS) is 11.9. The highest BCUT2D eigenvalue weighted by molar-refractivity contribution is 8.00. The van der Waals surface area contributed by atoms with Crippen LogP contribution in [0.3, 0.4) is 0 Å². The molecule has 1 heterocycles. The molecule has 1 amide bonds. The Morgan fingerprint density at radius 1 is 1.16 bits per heavy atom. The summed E-state index contributed by atoms with van der Waals surface area (Å²) in [4.78, 5) is 16.7. The largest absolute Gasteiger partial charge is 0.351 e. The third kappa shape index (κ3) is 4.70. The van der Waals surface area contributed by atoms with Gasteiger partial charge >= 0.3 is 0 Å². The minimum Gasteiger partial charge on any atom is -0.351 e. The molecule has 25 heavy (non-hydrogen) atoms. The highest BCUT2D eigenvalue weighted by Crippen LogP contribution is 2.23. The third-order valence-corrected chi connectivity index (χ3v) is 4.71. The van der Waals surface area contributed by atoms with Gasteiger partial charge in [0, 0.05) is 12.1 Å². The summed E-state index contributed by atoms with van der Waals surface area (Å²) in [5, 5.41) is 10.4. The number of aromatic amines is 1. The zero-order valence-corrected chi connectivity index (χ0v) is 15.0. The molecule has 3 rings (SSSR count). The van der Waals surface area contributed by atoms with E-state index in [9.17, 15) is 4.79 Å². The first-order valence-electron chi connectivity index (χ1n) is 8.09. The van der Waals surface area contributed by atoms with Crippen molar-refractivity contribution in [3.8, 4) is 11.4 Å². The van der Waals surface area contributed by atoms with Crippen LogP contribution in [0.1, 0.15) is 18.1 Å². The van der Waals surface area contributed by atoms with E-state index in [0.29, 0.717) is 17.5 Å². The number of hydrogen-bond acceptors (Lipinski definition) is 4. The first-order chi connectivity index (χ1) is 12.1. The molecule has 0 aliphatic rings. The van der Waals surface area contributed by atoms with E-state index in [1.165, 1.54) is 17.3 Å². The first-order valence-corrected chi connectivity index (χ1v) is 8.97. The molecule has 6 heteroatoms. The van der Waals surface area contributed by atoms with Gasteiger partial charge in [0.25, 0.3) is 0 Å². The van der Waals surface area contributed by atoms with Crippen molar-refractivity contribution in [2.45, 2.75) is 30.8 Å². The molecular formula is C19H20N4OS. The van der Waals surface area contributed by atoms with Crippen LogP contribution in [-0.2, 0) is 11.3 Å². The molecule has 2 N–H and O–H groups in total. The lowest BCUT2D eigenvalue weighted by Crippen LogP contribution is -2.30. The maximum Gasteiger partial charge on any atom is 0.233 e. The molecule has 0 aliphatic heterocycles. The number of hydrogen-bond donors (Lipinski definition) is 2. The lowest BCUT2D eigenvalue weighted by atomic mass is 10.1. The topological polar surface area (TPSA) is 70.7 Å². The molecule has 0 bridgehead atoms. The number of aryl methyl sites for hydroxylation is 1. The SMILES string of the molecule is Cc1ccc(-c2nc(SC(C)C(=O)NCc3ccccc3)n[nH]2)cc1. The molecule has 3 aromatic rings. The highest BCUT2D eigenvalue weighted by Gasteiger charge is 2.17. The first kappa shape index (κ1) is 17.2. The number of amides is 1. The van der Waals surface area contributed by atoms with Crippen LogP contribution in [0.4, 0.5) is 0 Å². The van der Waals surface area contributed by atoms with Gasteiger partial charge in [-0.25, -0.2) is 4.98 Å². The summed E-state index contributed by atoms with van der Waals surface area (Å²) in [6, 6.07) is 17.9. The Balaban J connectivity index is 1.56. The van der Waals surface area contributed by atoms with E-state index >= 15 is 0 Å². The average molecular weight is 352 g/mol. The molecule has 0 fully saturated rings. The second-order valence-corrected chi connectivity index (χ2v) is 7.10. The van der Waals surface area contributed by atoms with Crippen molar-refractivity contribution in [2.75, 3.05) is 0 Å². The zero-order chi connectivity index (χ0) is 17.6. The summed E-state index contributed by atoms with van der Waals surface area (Å²) in [5.74, 6) is 0.676. The predicted octanol–water partition coefficient (Wildman–Crippen LogP) is 3.58. The number of thioether (sulfide) groups is 1. The molecule has 1 unspecified atom stereocenters. The molecule has 0 saturated carbocycles. The predicted molar refractivity (Wildman–Crippen MR) is 100 cm³/mol. The number of rotatable bonds is 6. The van der Waals surface area contributed by atoms with Gasteiger partial charge in [-0.05, 0) is 19.4 Å². The maximum absolute atomic E-state index is 12.2. The number of aromatic nitrogens is 3. The lowest BCUT2D eigenvalue weighted by Gasteiger charge is -2.10. The molecule has 0 spiro atoms. The molecule has 1 atom stereocenters. The summed E-state index contributed by atoms with van der Waals surface area (Å²) < 4.78 is 0. The Morgan fingerprint density at radius 2 is 1.88 bits per heavy atom. The lowest BCUT2D eigenvalue weighted by molar-refractivity contribution is -0.120. The van der Waals surface area contributed by atoms with Crippen LogP contribution in [0.25, 0.3) is 11.4 Å². The Hall–Kier alpha value is -2.60. The molecule has 2 aromatic carbocycles. The number of nitrogens with one attached hydrogen (secondary N) is 2. The number of carbonyl (C=O) groups excluding carboxylic acids is 1. The molecule has 1 aromatic heterocycles. The number of nitrogens with zero attached hydrogens (tertiary/aromatic N) is 2. The van der Waals surface area contributed by atoms with Crippen LogP contribution in [0, 0.1) is 6.92 Å². The van der Waals surface area contributed by atoms with E-state index in [4.69, 9.17) is 0 Å². The second-order valence-electron chi connectivity index (χ2n) is 5.80. The molecule has 0 radical (unpaired) electrons. The van der Waals surface area contributed by atoms with Gasteiger partial charge in [0.1, 0.15) is 0 Å². The van der Waals surface area contributed by atoms with Crippen LogP contribution in [0.5, 0.6) is 0 Å². The van der Waals surface area contributed by atoms with Gasteiger partial charge in [0.15, 0.2) is 5.82 Å². The second kappa shape index (κ2) is 7.98. The van der Waals surface area contributed by atoms with Crippen molar-refractivity contribution in [3.63, 3.8) is 0 Å². The van der Waals surface area contributed by atoms with Gasteiger partial charge in [0.2, 0.25) is 11.1 Å². The fraction of sp³-hybridized carbons (Fsp3) is 0.211. The zero-order valence-electron chi connectivity index (χ0n) is 14.2. The van der Waals surface area contributed by atoms with Crippen molar-refractivity contribution in [1.29, 1.82) is 0 Å². The minimum absolute atomic E-state index is 0.0319. The number of carbonyl (C=O) groups is 1. The summed E-state index contributed by atoms with van der Waals surface area (Å²) in [7, 11) is 0. The molecule has 5 nitrogen and oxygen atoms in total. The fourth-order valence-corrected chi connectivity index (χ4v) is 3.03. The van der Waals surface area contributed by atoms with Gasteiger partial charge in [-0.3, -0.25) is 9.89 Å². The van der Waals surface area contributed by atoms with E-state index in [-0.39, 0.29) is 11.2 Å². The standard InChI is InChI=1S/C19H20N4OS/c1-13-8-10-16(11-9-13)17-21-19(23-22-17)25-14(2)18(24)20-12-15-6-4-3-5-7-15/h3-11,14H,12H2,1-2H3,(H,20,24)(H,21,22,23). The molecular weight excluding hydrogens is 332 g/mol. The summed E-state index contributed by atoms with van der Waals surface area (Å²) in [5.41, 5.74) is 3.25. The molecule has 128 valence electrons. The third-order valence-electron chi connectivity index (χ3n) is 3.75. The van der Waals surface area contributed by atoms with Crippen LogP contribution >= 0.6 is 11.8 Å². The number of H-pyrrole nitrogens is 1. The Bertz CT molecular complexity index is 830. The van der Waals surface area contributed by atoms with Crippen molar-refractivity contribution < 1.29 is 4.79 Å². The summed E-state index contributed by atoms with van der Waals surface area (Å²) in [6.45, 7) is 4.42. The Morgan fingerprint density at radius 3 is 2.60 bits per heavy atom. The molecule has 0 saturated heterocycles. The van der Waals surface area contributed by atoms with Gasteiger partial charge in [-0.1, -0.05) is 71.9 Å². The van der Waals surface area contributed by atoms with Crippen molar-refractivity contribution in [1.82, 2.24) is 20.5 Å². The minimum atomic E-state index is -0.273. The average Bonchev–Trinajstić information content (AvgIpc) is 3.09. The maximum atomic E-state index is 12.2. The summed E-state index contributed by atoms with van der Waals surface area (Å²) in [6.07, 6.45) is 0. The van der Waals surface area contributed by atoms with Gasteiger partial charge in [0.05, 0.1) is 5.25 Å². The van der Waals surface area contributed by atoms with E-state index in [1.807, 2.05) is 68.4 Å². The van der Waals surface area contributed by atoms with Crippen LogP contribution in [0.2, 0.25) is 0 Å². The van der Waals surface area contributed by atoms with Gasteiger partial charge < -0.3 is 5.32 Å². The molecule has 0 aliphatic carbocycles. The van der Waals surface area contributed by atoms with Gasteiger partial charge in [-0.15, -0.1) is 5.10 Å². The highest BCUT2D eigenvalue weighted by atomic mass is 32.2. The van der Waals surface area contributed by atoms with E-state index in [2.05, 4.69) is 20.5 Å².